The van der Waals surface area contributed by atoms with Crippen molar-refractivity contribution < 1.29 is 14.3 Å². The number of carbonyl (C=O) groups is 1. The summed E-state index contributed by atoms with van der Waals surface area (Å²) in [4.78, 5) is 13.9. The summed E-state index contributed by atoms with van der Waals surface area (Å²) >= 11 is 12.1. The molecule has 0 unspecified atom stereocenters. The lowest BCUT2D eigenvalue weighted by atomic mass is 10.1. The molecule has 0 bridgehead atoms. The quantitative estimate of drug-likeness (QED) is 0.478. The van der Waals surface area contributed by atoms with Crippen molar-refractivity contribution in [1.29, 1.82) is 0 Å². The van der Waals surface area contributed by atoms with Crippen molar-refractivity contribution in [3.63, 3.8) is 0 Å². The molecule has 0 aromatic heterocycles. The number of anilines is 1. The number of nitrogens with zero attached hydrogens (tertiary/aromatic N) is 1. The Kier molecular flexibility index (Phi) is 6.97. The summed E-state index contributed by atoms with van der Waals surface area (Å²) in [6.07, 6.45) is -0.733. The van der Waals surface area contributed by atoms with Crippen molar-refractivity contribution in [3.8, 4) is 5.75 Å². The van der Waals surface area contributed by atoms with Gasteiger partial charge >= 0.3 is 6.16 Å². The molecule has 2 rings (SSSR count). The Morgan fingerprint density at radius 2 is 1.80 bits per heavy atom. The van der Waals surface area contributed by atoms with Crippen molar-refractivity contribution in [2.75, 3.05) is 24.6 Å². The lowest BCUT2D eigenvalue weighted by Crippen LogP contribution is -2.28. The first-order chi connectivity index (χ1) is 11.9. The average molecular weight is 382 g/mol. The summed E-state index contributed by atoms with van der Waals surface area (Å²) in [5.74, 6) is 0.423. The van der Waals surface area contributed by atoms with E-state index >= 15 is 0 Å². The third-order valence-electron chi connectivity index (χ3n) is 3.75. The third-order valence-corrected chi connectivity index (χ3v) is 4.58. The number of hydrogen-bond donors (Lipinski definition) is 0. The minimum Gasteiger partial charge on any atom is -0.432 e. The van der Waals surface area contributed by atoms with Crippen molar-refractivity contribution in [3.05, 3.63) is 57.6 Å². The van der Waals surface area contributed by atoms with Crippen molar-refractivity contribution in [2.24, 2.45) is 0 Å². The van der Waals surface area contributed by atoms with Crippen LogP contribution in [0.5, 0.6) is 5.75 Å². The van der Waals surface area contributed by atoms with Crippen LogP contribution in [0, 0.1) is 13.8 Å². The Labute approximate surface area is 158 Å². The molecule has 0 N–H and O–H groups in total. The summed E-state index contributed by atoms with van der Waals surface area (Å²) in [6, 6.07) is 11.0. The highest BCUT2D eigenvalue weighted by molar-refractivity contribution is 6.32. The second-order valence-electron chi connectivity index (χ2n) is 5.63. The number of benzene rings is 2. The molecular formula is C19H21Cl2NO3. The molecule has 0 aliphatic carbocycles. The van der Waals surface area contributed by atoms with Crippen LogP contribution in [0.2, 0.25) is 10.0 Å². The van der Waals surface area contributed by atoms with Gasteiger partial charge in [0.2, 0.25) is 0 Å². The van der Waals surface area contributed by atoms with Crippen LogP contribution in [-0.2, 0) is 4.74 Å². The van der Waals surface area contributed by atoms with Crippen molar-refractivity contribution >= 4 is 35.0 Å². The molecule has 6 heteroatoms. The molecule has 25 heavy (non-hydrogen) atoms. The standard InChI is InChI=1S/C19H21Cl2NO3/c1-4-22(16-7-5-6-15(20)12-16)8-9-24-19(23)25-17-10-13(2)18(21)14(3)11-17/h5-7,10-12H,4,8-9H2,1-3H3. The van der Waals surface area contributed by atoms with Gasteiger partial charge in [-0.15, -0.1) is 0 Å². The maximum Gasteiger partial charge on any atom is 0.513 e. The SMILES string of the molecule is CCN(CCOC(=O)Oc1cc(C)c(Cl)c(C)c1)c1cccc(Cl)c1. The number of halogens is 2. The van der Waals surface area contributed by atoms with Gasteiger partial charge in [0, 0.05) is 22.3 Å². The molecule has 0 aliphatic rings. The smallest absolute Gasteiger partial charge is 0.432 e. The van der Waals surface area contributed by atoms with Gasteiger partial charge in [0.05, 0.1) is 6.54 Å². The number of aryl methyl sites for hydroxylation is 2. The Hall–Kier alpha value is -1.91. The summed E-state index contributed by atoms with van der Waals surface area (Å²) in [6.45, 7) is 7.28. The van der Waals surface area contributed by atoms with E-state index in [0.717, 1.165) is 23.4 Å². The minimum absolute atomic E-state index is 0.213. The predicted molar refractivity (Wildman–Crippen MR) is 102 cm³/mol. The molecule has 0 saturated heterocycles. The fraction of sp³-hybridized carbons (Fsp3) is 0.316. The highest BCUT2D eigenvalue weighted by atomic mass is 35.5. The van der Waals surface area contributed by atoms with Crippen molar-refractivity contribution in [2.45, 2.75) is 20.8 Å². The van der Waals surface area contributed by atoms with Gasteiger partial charge in [-0.3, -0.25) is 0 Å². The summed E-state index contributed by atoms with van der Waals surface area (Å²) < 4.78 is 10.4. The number of ether oxygens (including phenoxy) is 2. The molecule has 0 heterocycles. The van der Waals surface area contributed by atoms with Gasteiger partial charge < -0.3 is 14.4 Å². The number of rotatable bonds is 6. The van der Waals surface area contributed by atoms with Crippen LogP contribution in [-0.4, -0.2) is 25.9 Å². The Morgan fingerprint density at radius 1 is 1.12 bits per heavy atom. The van der Waals surface area contributed by atoms with Gasteiger partial charge in [0.1, 0.15) is 12.4 Å². The largest absolute Gasteiger partial charge is 0.513 e. The second-order valence-corrected chi connectivity index (χ2v) is 6.45. The molecule has 0 spiro atoms. The summed E-state index contributed by atoms with van der Waals surface area (Å²) in [5, 5.41) is 1.34. The fourth-order valence-corrected chi connectivity index (χ4v) is 2.77. The van der Waals surface area contributed by atoms with E-state index in [1.165, 1.54) is 0 Å². The highest BCUT2D eigenvalue weighted by Crippen LogP contribution is 2.26. The van der Waals surface area contributed by atoms with Gasteiger partial charge in [-0.2, -0.15) is 0 Å². The van der Waals surface area contributed by atoms with E-state index in [2.05, 4.69) is 4.90 Å². The van der Waals surface area contributed by atoms with Crippen LogP contribution in [0.1, 0.15) is 18.1 Å². The van der Waals surface area contributed by atoms with Gasteiger partial charge in [-0.1, -0.05) is 29.3 Å². The van der Waals surface area contributed by atoms with E-state index in [1.807, 2.05) is 45.0 Å². The molecule has 0 radical (unpaired) electrons. The molecule has 0 saturated carbocycles. The number of carbonyl (C=O) groups excluding carboxylic acids is 1. The van der Waals surface area contributed by atoms with Gasteiger partial charge in [0.15, 0.2) is 0 Å². The number of hydrogen-bond acceptors (Lipinski definition) is 4. The third kappa shape index (κ3) is 5.55. The van der Waals surface area contributed by atoms with E-state index in [-0.39, 0.29) is 6.61 Å². The Morgan fingerprint density at radius 3 is 2.40 bits per heavy atom. The summed E-state index contributed by atoms with van der Waals surface area (Å²) in [7, 11) is 0. The minimum atomic E-state index is -0.733. The molecular weight excluding hydrogens is 361 g/mol. The molecule has 0 aliphatic heterocycles. The zero-order valence-corrected chi connectivity index (χ0v) is 16.0. The first-order valence-corrected chi connectivity index (χ1v) is 8.78. The zero-order chi connectivity index (χ0) is 18.4. The van der Waals surface area contributed by atoms with E-state index < -0.39 is 6.16 Å². The van der Waals surface area contributed by atoms with Gasteiger partial charge in [-0.05, 0) is 62.2 Å². The maximum atomic E-state index is 11.9. The lowest BCUT2D eigenvalue weighted by Gasteiger charge is -2.22. The normalized spacial score (nSPS) is 10.4. The zero-order valence-electron chi connectivity index (χ0n) is 14.5. The van der Waals surface area contributed by atoms with Gasteiger partial charge in [0.25, 0.3) is 0 Å². The second kappa shape index (κ2) is 8.97. The Bertz CT molecular complexity index is 726. The van der Waals surface area contributed by atoms with Crippen LogP contribution in [0.15, 0.2) is 36.4 Å². The molecule has 4 nitrogen and oxygen atoms in total. The molecule has 0 fully saturated rings. The highest BCUT2D eigenvalue weighted by Gasteiger charge is 2.11. The average Bonchev–Trinajstić information content (AvgIpc) is 2.56. The Balaban J connectivity index is 1.87. The van der Waals surface area contributed by atoms with Gasteiger partial charge in [-0.25, -0.2) is 4.79 Å². The predicted octanol–water partition coefficient (Wildman–Crippen LogP) is 5.65. The van der Waals surface area contributed by atoms with E-state index in [4.69, 9.17) is 32.7 Å². The first kappa shape index (κ1) is 19.4. The molecule has 0 atom stereocenters. The van der Waals surface area contributed by atoms with Crippen LogP contribution < -0.4 is 9.64 Å². The van der Waals surface area contributed by atoms with Crippen LogP contribution in [0.3, 0.4) is 0 Å². The van der Waals surface area contributed by atoms with E-state index in [0.29, 0.717) is 22.3 Å². The van der Waals surface area contributed by atoms with Crippen LogP contribution in [0.25, 0.3) is 0 Å². The maximum absolute atomic E-state index is 11.9. The summed E-state index contributed by atoms with van der Waals surface area (Å²) in [5.41, 5.74) is 2.68. The molecule has 2 aromatic carbocycles. The van der Waals surface area contributed by atoms with E-state index in [1.54, 1.807) is 12.1 Å². The molecule has 2 aromatic rings. The lowest BCUT2D eigenvalue weighted by molar-refractivity contribution is 0.101. The monoisotopic (exact) mass is 381 g/mol. The topological polar surface area (TPSA) is 38.8 Å². The van der Waals surface area contributed by atoms with Crippen LogP contribution in [0.4, 0.5) is 10.5 Å². The van der Waals surface area contributed by atoms with Crippen LogP contribution >= 0.6 is 23.2 Å². The van der Waals surface area contributed by atoms with Crippen molar-refractivity contribution in [1.82, 2.24) is 0 Å². The molecule has 134 valence electrons. The first-order valence-electron chi connectivity index (χ1n) is 8.02. The number of likely N-dealkylation sites (N-methyl/N-ethyl adjacent to an activating group) is 1. The fourth-order valence-electron chi connectivity index (χ4n) is 2.47. The van der Waals surface area contributed by atoms with E-state index in [9.17, 15) is 4.79 Å². The molecule has 0 amide bonds.